The van der Waals surface area contributed by atoms with Gasteiger partial charge in [0.1, 0.15) is 23.8 Å². The number of hydrogen-bond donors (Lipinski definition) is 4. The largest absolute Gasteiger partial charge is 0.489 e. The molecule has 136 valence electrons. The van der Waals surface area contributed by atoms with E-state index in [0.717, 1.165) is 0 Å². The highest BCUT2D eigenvalue weighted by molar-refractivity contribution is 6.70. The van der Waals surface area contributed by atoms with Gasteiger partial charge in [-0.05, 0) is 27.1 Å². The van der Waals surface area contributed by atoms with E-state index in [4.69, 9.17) is 26.7 Å². The molecule has 0 aromatic heterocycles. The first-order chi connectivity index (χ1) is 11.9. The van der Waals surface area contributed by atoms with Gasteiger partial charge in [-0.25, -0.2) is 10.0 Å². The second kappa shape index (κ2) is 7.95. The molecule has 0 amide bonds. The Labute approximate surface area is 147 Å². The molecule has 1 aromatic carbocycles. The average Bonchev–Trinajstić information content (AvgIpc) is 2.84. The second-order valence-corrected chi connectivity index (χ2v) is 5.83. The van der Waals surface area contributed by atoms with Crippen LogP contribution in [0.3, 0.4) is 0 Å². The van der Waals surface area contributed by atoms with Crippen molar-refractivity contribution >= 4 is 34.3 Å². The molecular formula is C16H25N7O2. The van der Waals surface area contributed by atoms with E-state index in [0.29, 0.717) is 47.3 Å². The summed E-state index contributed by atoms with van der Waals surface area (Å²) in [7, 11) is 3.85. The average molecular weight is 347 g/mol. The van der Waals surface area contributed by atoms with Crippen LogP contribution in [0.15, 0.2) is 22.2 Å². The molecule has 1 aliphatic rings. The number of nitrogens with zero attached hydrogens (tertiary/aromatic N) is 4. The molecule has 0 radical (unpaired) electrons. The summed E-state index contributed by atoms with van der Waals surface area (Å²) in [6, 6.07) is 3.17. The summed E-state index contributed by atoms with van der Waals surface area (Å²) >= 11 is 0. The Hall–Kier alpha value is -2.65. The molecule has 1 aliphatic heterocycles. The molecule has 0 fully saturated rings. The van der Waals surface area contributed by atoms with Crippen molar-refractivity contribution < 1.29 is 9.84 Å². The van der Waals surface area contributed by atoms with Crippen molar-refractivity contribution in [3.8, 4) is 5.75 Å². The van der Waals surface area contributed by atoms with Crippen LogP contribution in [0.25, 0.3) is 0 Å². The van der Waals surface area contributed by atoms with E-state index < -0.39 is 0 Å². The summed E-state index contributed by atoms with van der Waals surface area (Å²) < 4.78 is 5.40. The monoisotopic (exact) mass is 347 g/mol. The van der Waals surface area contributed by atoms with Crippen molar-refractivity contribution in [3.63, 3.8) is 0 Å². The fourth-order valence-electron chi connectivity index (χ4n) is 2.36. The van der Waals surface area contributed by atoms with Gasteiger partial charge in [-0.2, -0.15) is 5.10 Å². The van der Waals surface area contributed by atoms with Crippen molar-refractivity contribution in [3.05, 3.63) is 12.1 Å². The van der Waals surface area contributed by atoms with E-state index in [2.05, 4.69) is 10.1 Å². The highest BCUT2D eigenvalue weighted by Gasteiger charge is 2.28. The molecule has 0 unspecified atom stereocenters. The summed E-state index contributed by atoms with van der Waals surface area (Å²) in [6.07, 6.45) is 0. The van der Waals surface area contributed by atoms with E-state index in [-0.39, 0.29) is 19.0 Å². The van der Waals surface area contributed by atoms with Gasteiger partial charge in [-0.3, -0.25) is 5.41 Å². The number of nitrogens with two attached hydrogens (primary N) is 2. The Morgan fingerprint density at radius 2 is 2.04 bits per heavy atom. The standard InChI is InChI=1S/C16H25N7O2/c1-4-23-16(19)15(13(21-23)9-22(2)3)20-12-8-14(25-6-5-24)11(18)7-10(12)17/h7-8,19,24H,4-6,9,17-18H2,1-3H3. The van der Waals surface area contributed by atoms with Gasteiger partial charge in [0.25, 0.3) is 0 Å². The fraction of sp³-hybridized carbons (Fsp3) is 0.438. The number of nitrogen functional groups attached to an aromatic ring is 2. The predicted octanol–water partition coefficient (Wildman–Crippen LogP) is 0.525. The van der Waals surface area contributed by atoms with Crippen LogP contribution in [0.4, 0.5) is 17.1 Å². The SMILES string of the molecule is CCN1N=C(CN(C)C)C(=Nc2cc(OCCO)c(N)cc2N)C1=N. The minimum atomic E-state index is -0.122. The van der Waals surface area contributed by atoms with Gasteiger partial charge >= 0.3 is 0 Å². The lowest BCUT2D eigenvalue weighted by Gasteiger charge is -2.12. The molecule has 1 heterocycles. The lowest BCUT2D eigenvalue weighted by molar-refractivity contribution is 0.202. The number of anilines is 2. The van der Waals surface area contributed by atoms with Crippen LogP contribution in [0.5, 0.6) is 5.75 Å². The molecule has 25 heavy (non-hydrogen) atoms. The van der Waals surface area contributed by atoms with Crippen LogP contribution < -0.4 is 16.2 Å². The number of hydrogen-bond acceptors (Lipinski definition) is 8. The van der Waals surface area contributed by atoms with Crippen molar-refractivity contribution in [2.24, 2.45) is 10.1 Å². The summed E-state index contributed by atoms with van der Waals surface area (Å²) in [5.74, 6) is 0.624. The summed E-state index contributed by atoms with van der Waals surface area (Å²) in [6.45, 7) is 3.06. The summed E-state index contributed by atoms with van der Waals surface area (Å²) in [5, 5.41) is 23.2. The van der Waals surface area contributed by atoms with Crippen molar-refractivity contribution in [2.75, 3.05) is 51.9 Å². The van der Waals surface area contributed by atoms with Gasteiger partial charge in [0, 0.05) is 19.2 Å². The highest BCUT2D eigenvalue weighted by atomic mass is 16.5. The van der Waals surface area contributed by atoms with Gasteiger partial charge in [0.05, 0.1) is 23.7 Å². The van der Waals surface area contributed by atoms with E-state index >= 15 is 0 Å². The molecule has 0 aliphatic carbocycles. The van der Waals surface area contributed by atoms with Crippen molar-refractivity contribution in [1.29, 1.82) is 5.41 Å². The number of rotatable bonds is 7. The Balaban J connectivity index is 2.43. The van der Waals surface area contributed by atoms with E-state index in [1.807, 2.05) is 25.9 Å². The van der Waals surface area contributed by atoms with Crippen LogP contribution in [-0.2, 0) is 0 Å². The third kappa shape index (κ3) is 4.25. The molecule has 0 spiro atoms. The number of nitrogens with one attached hydrogen (secondary N) is 1. The van der Waals surface area contributed by atoms with Crippen molar-refractivity contribution in [2.45, 2.75) is 6.92 Å². The van der Waals surface area contributed by atoms with Gasteiger partial charge < -0.3 is 26.2 Å². The Morgan fingerprint density at radius 1 is 1.32 bits per heavy atom. The first-order valence-electron chi connectivity index (χ1n) is 7.97. The molecule has 6 N–H and O–H groups in total. The smallest absolute Gasteiger partial charge is 0.169 e. The summed E-state index contributed by atoms with van der Waals surface area (Å²) in [5.41, 5.74) is 14.3. The molecule has 2 rings (SSSR count). The van der Waals surface area contributed by atoms with E-state index in [1.54, 1.807) is 17.1 Å². The number of benzene rings is 1. The van der Waals surface area contributed by atoms with E-state index in [1.165, 1.54) is 0 Å². The molecule has 9 nitrogen and oxygen atoms in total. The van der Waals surface area contributed by atoms with Gasteiger partial charge in [0.15, 0.2) is 5.84 Å². The van der Waals surface area contributed by atoms with Crippen LogP contribution in [0.1, 0.15) is 6.92 Å². The number of aliphatic hydroxyl groups excluding tert-OH is 1. The topological polar surface area (TPSA) is 137 Å². The fourth-order valence-corrected chi connectivity index (χ4v) is 2.36. The predicted molar refractivity (Wildman–Crippen MR) is 101 cm³/mol. The molecule has 0 saturated carbocycles. The zero-order chi connectivity index (χ0) is 18.6. The maximum atomic E-state index is 8.91. The minimum absolute atomic E-state index is 0.122. The maximum Gasteiger partial charge on any atom is 0.169 e. The third-order valence-electron chi connectivity index (χ3n) is 3.50. The van der Waals surface area contributed by atoms with E-state index in [9.17, 15) is 0 Å². The Kier molecular flexibility index (Phi) is 5.94. The molecule has 9 heteroatoms. The number of hydrazone groups is 1. The van der Waals surface area contributed by atoms with Crippen LogP contribution >= 0.6 is 0 Å². The molecular weight excluding hydrogens is 322 g/mol. The zero-order valence-corrected chi connectivity index (χ0v) is 14.8. The van der Waals surface area contributed by atoms with Crippen LogP contribution in [0, 0.1) is 5.41 Å². The molecule has 0 atom stereocenters. The summed E-state index contributed by atoms with van der Waals surface area (Å²) in [4.78, 5) is 6.51. The number of aliphatic imine (C=N–C) groups is 1. The number of ether oxygens (including phenoxy) is 1. The molecule has 0 bridgehead atoms. The quantitative estimate of drug-likeness (QED) is 0.531. The zero-order valence-electron chi connectivity index (χ0n) is 14.8. The van der Waals surface area contributed by atoms with Gasteiger partial charge in [-0.1, -0.05) is 0 Å². The Bertz CT molecular complexity index is 713. The van der Waals surface area contributed by atoms with Crippen molar-refractivity contribution in [1.82, 2.24) is 9.91 Å². The molecule has 0 saturated heterocycles. The van der Waals surface area contributed by atoms with Crippen LogP contribution in [0.2, 0.25) is 0 Å². The van der Waals surface area contributed by atoms with Gasteiger partial charge in [-0.15, -0.1) is 0 Å². The van der Waals surface area contributed by atoms with Gasteiger partial charge in [0.2, 0.25) is 0 Å². The normalized spacial score (nSPS) is 16.0. The lowest BCUT2D eigenvalue weighted by Crippen LogP contribution is -2.31. The number of aliphatic hydroxyl groups is 1. The minimum Gasteiger partial charge on any atom is -0.489 e. The maximum absolute atomic E-state index is 8.91. The van der Waals surface area contributed by atoms with Crippen LogP contribution in [-0.4, -0.2) is 72.7 Å². The highest BCUT2D eigenvalue weighted by Crippen LogP contribution is 2.33. The number of amidine groups is 1. The lowest BCUT2D eigenvalue weighted by atomic mass is 10.2. The molecule has 1 aromatic rings. The second-order valence-electron chi connectivity index (χ2n) is 5.83. The first kappa shape index (κ1) is 18.7. The Morgan fingerprint density at radius 3 is 2.64 bits per heavy atom. The third-order valence-corrected chi connectivity index (χ3v) is 3.50. The first-order valence-corrected chi connectivity index (χ1v) is 7.97.